The second kappa shape index (κ2) is 10.5. The topological polar surface area (TPSA) is 153 Å². The number of aliphatic hydroxyl groups excluding tert-OH is 1. The van der Waals surface area contributed by atoms with Gasteiger partial charge in [0.1, 0.15) is 0 Å². The monoisotopic (exact) mass is 462 g/mol. The van der Waals surface area contributed by atoms with Gasteiger partial charge >= 0.3 is 17.9 Å². The van der Waals surface area contributed by atoms with E-state index in [4.69, 9.17) is 18.9 Å². The Labute approximate surface area is 189 Å². The third-order valence-electron chi connectivity index (χ3n) is 5.05. The van der Waals surface area contributed by atoms with Crippen molar-refractivity contribution in [2.24, 2.45) is 0 Å². The van der Waals surface area contributed by atoms with Crippen LogP contribution in [0.25, 0.3) is 10.9 Å². The summed E-state index contributed by atoms with van der Waals surface area (Å²) < 4.78 is 20.7. The quantitative estimate of drug-likeness (QED) is 0.390. The van der Waals surface area contributed by atoms with E-state index in [0.29, 0.717) is 6.42 Å². The fourth-order valence-corrected chi connectivity index (χ4v) is 3.76. The van der Waals surface area contributed by atoms with E-state index in [1.165, 1.54) is 0 Å². The Kier molecular flexibility index (Phi) is 7.67. The zero-order valence-corrected chi connectivity index (χ0v) is 18.4. The van der Waals surface area contributed by atoms with E-state index in [1.54, 1.807) is 0 Å². The Hall–Kier alpha value is -3.44. The molecule has 1 aromatic heterocycles. The van der Waals surface area contributed by atoms with E-state index in [1.807, 2.05) is 30.5 Å². The summed E-state index contributed by atoms with van der Waals surface area (Å²) in [5.74, 6) is -3.06. The molecular weight excluding hydrogens is 436 g/mol. The first-order valence-corrected chi connectivity index (χ1v) is 10.3. The van der Waals surface area contributed by atoms with Crippen LogP contribution in [-0.2, 0) is 44.5 Å². The van der Waals surface area contributed by atoms with Gasteiger partial charge in [-0.2, -0.15) is 0 Å². The maximum Gasteiger partial charge on any atom is 0.303 e. The smallest absolute Gasteiger partial charge is 0.303 e. The molecule has 1 aliphatic rings. The fraction of sp³-hybridized carbons (Fsp3) is 0.455. The van der Waals surface area contributed by atoms with Crippen LogP contribution in [0.3, 0.4) is 0 Å². The third-order valence-corrected chi connectivity index (χ3v) is 5.05. The van der Waals surface area contributed by atoms with Crippen molar-refractivity contribution in [1.29, 1.82) is 0 Å². The van der Waals surface area contributed by atoms with Gasteiger partial charge < -0.3 is 34.4 Å². The second-order valence-corrected chi connectivity index (χ2v) is 7.57. The Morgan fingerprint density at radius 3 is 2.24 bits per heavy atom. The number of rotatable bonds is 7. The van der Waals surface area contributed by atoms with Crippen LogP contribution in [0.4, 0.5) is 0 Å². The lowest BCUT2D eigenvalue weighted by Gasteiger charge is -2.42. The molecule has 11 nitrogen and oxygen atoms in total. The van der Waals surface area contributed by atoms with E-state index in [0.717, 1.165) is 37.2 Å². The van der Waals surface area contributed by atoms with Crippen molar-refractivity contribution in [3.63, 3.8) is 0 Å². The highest BCUT2D eigenvalue weighted by Crippen LogP contribution is 2.28. The highest BCUT2D eigenvalue weighted by atomic mass is 16.7. The summed E-state index contributed by atoms with van der Waals surface area (Å²) in [4.78, 5) is 50.8. The molecule has 3 rings (SSSR count). The first-order chi connectivity index (χ1) is 15.7. The number of aliphatic hydroxyl groups is 1. The average Bonchev–Trinajstić information content (AvgIpc) is 3.14. The lowest BCUT2D eigenvalue weighted by molar-refractivity contribution is -0.286. The molecule has 33 heavy (non-hydrogen) atoms. The van der Waals surface area contributed by atoms with Crippen LogP contribution < -0.4 is 5.32 Å². The highest BCUT2D eigenvalue weighted by molar-refractivity contribution is 5.84. The lowest BCUT2D eigenvalue weighted by atomic mass is 9.97. The number of amides is 1. The van der Waals surface area contributed by atoms with Gasteiger partial charge in [0.05, 0.1) is 0 Å². The van der Waals surface area contributed by atoms with Crippen molar-refractivity contribution < 1.29 is 43.2 Å². The normalized spacial score (nSPS) is 24.7. The second-order valence-electron chi connectivity index (χ2n) is 7.57. The number of hydrogen-bond donors (Lipinski definition) is 3. The van der Waals surface area contributed by atoms with E-state index in [2.05, 4.69) is 10.3 Å². The molecule has 3 N–H and O–H groups in total. The van der Waals surface area contributed by atoms with Crippen LogP contribution in [0.5, 0.6) is 0 Å². The maximum absolute atomic E-state index is 12.9. The zero-order chi connectivity index (χ0) is 24.1. The minimum Gasteiger partial charge on any atom is -0.455 e. The van der Waals surface area contributed by atoms with E-state index >= 15 is 0 Å². The summed E-state index contributed by atoms with van der Waals surface area (Å²) in [5.41, 5.74) is 1.95. The predicted molar refractivity (Wildman–Crippen MR) is 113 cm³/mol. The van der Waals surface area contributed by atoms with Crippen molar-refractivity contribution in [3.8, 4) is 0 Å². The van der Waals surface area contributed by atoms with Gasteiger partial charge in [-0.3, -0.25) is 19.2 Å². The molecule has 0 radical (unpaired) electrons. The zero-order valence-electron chi connectivity index (χ0n) is 18.4. The molecule has 11 heteroatoms. The fourth-order valence-electron chi connectivity index (χ4n) is 3.76. The van der Waals surface area contributed by atoms with Crippen molar-refractivity contribution in [3.05, 3.63) is 36.0 Å². The number of fused-ring (bicyclic) bond motifs is 1. The number of carbonyl (C=O) groups is 4. The summed E-state index contributed by atoms with van der Waals surface area (Å²) in [6.07, 6.45) is -5.37. The number of ether oxygens (including phenoxy) is 4. The van der Waals surface area contributed by atoms with Crippen LogP contribution in [-0.4, -0.2) is 71.2 Å². The molecule has 1 aromatic carbocycles. The molecule has 2 aromatic rings. The van der Waals surface area contributed by atoms with Crippen LogP contribution in [0.15, 0.2) is 30.5 Å². The van der Waals surface area contributed by atoms with E-state index in [9.17, 15) is 24.3 Å². The van der Waals surface area contributed by atoms with Gasteiger partial charge in [0, 0.05) is 44.4 Å². The molecule has 2 heterocycles. The summed E-state index contributed by atoms with van der Waals surface area (Å²) in [6.45, 7) is 3.49. The summed E-state index contributed by atoms with van der Waals surface area (Å²) >= 11 is 0. The Morgan fingerprint density at radius 1 is 0.970 bits per heavy atom. The number of H-pyrrole nitrogens is 1. The predicted octanol–water partition coefficient (Wildman–Crippen LogP) is 0.339. The third kappa shape index (κ3) is 5.88. The number of nitrogens with one attached hydrogen (secondary N) is 2. The van der Waals surface area contributed by atoms with Crippen LogP contribution in [0, 0.1) is 0 Å². The molecule has 0 aliphatic carbocycles. The molecule has 0 bridgehead atoms. The summed E-state index contributed by atoms with van der Waals surface area (Å²) in [6, 6.07) is 7.72. The molecule has 1 aliphatic heterocycles. The molecule has 1 unspecified atom stereocenters. The van der Waals surface area contributed by atoms with E-state index in [-0.39, 0.29) is 6.54 Å². The van der Waals surface area contributed by atoms with Gasteiger partial charge in [0.25, 0.3) is 5.91 Å². The largest absolute Gasteiger partial charge is 0.455 e. The number of hydrogen-bond acceptors (Lipinski definition) is 9. The lowest BCUT2D eigenvalue weighted by Crippen LogP contribution is -2.64. The number of benzene rings is 1. The van der Waals surface area contributed by atoms with Crippen LogP contribution in [0.2, 0.25) is 0 Å². The van der Waals surface area contributed by atoms with Crippen LogP contribution in [0.1, 0.15) is 26.3 Å². The van der Waals surface area contributed by atoms with Gasteiger partial charge in [-0.25, -0.2) is 0 Å². The van der Waals surface area contributed by atoms with Gasteiger partial charge in [-0.05, 0) is 18.1 Å². The summed E-state index contributed by atoms with van der Waals surface area (Å²) in [5, 5.41) is 14.1. The van der Waals surface area contributed by atoms with Gasteiger partial charge in [-0.15, -0.1) is 0 Å². The van der Waals surface area contributed by atoms with Crippen molar-refractivity contribution in [2.75, 3.05) is 6.54 Å². The Bertz CT molecular complexity index is 1030. The van der Waals surface area contributed by atoms with Crippen molar-refractivity contribution in [2.45, 2.75) is 57.9 Å². The Morgan fingerprint density at radius 2 is 1.58 bits per heavy atom. The minimum atomic E-state index is -1.80. The standard InChI is InChI=1S/C22H26N2O9/c1-11(25)30-17-18(31-12(2)26)20(32-13(3)27)22(29)33-19(17)21(28)23-9-8-14-10-24-16-7-5-4-6-15(14)16/h4-7,10,17-20,22,24,29H,8-9H2,1-3H3,(H,23,28)/t17-,18-,19-,20+,22?/m0/s1. The molecule has 1 amide bonds. The molecule has 5 atom stereocenters. The van der Waals surface area contributed by atoms with Crippen molar-refractivity contribution >= 4 is 34.7 Å². The molecular formula is C22H26N2O9. The SMILES string of the molecule is CC(=O)O[C@H]1[C@H](OC(C)=O)[C@@H](OC(C)=O)C(O)O[C@@H]1C(=O)NCCc1c[nH]c2ccccc12. The highest BCUT2D eigenvalue weighted by Gasteiger charge is 2.53. The van der Waals surface area contributed by atoms with Gasteiger partial charge in [0.2, 0.25) is 0 Å². The van der Waals surface area contributed by atoms with E-state index < -0.39 is 54.5 Å². The maximum atomic E-state index is 12.9. The number of aromatic nitrogens is 1. The van der Waals surface area contributed by atoms with Crippen LogP contribution >= 0.6 is 0 Å². The van der Waals surface area contributed by atoms with Gasteiger partial charge in [0.15, 0.2) is 30.7 Å². The number of carbonyl (C=O) groups excluding carboxylic acids is 4. The number of esters is 3. The minimum absolute atomic E-state index is 0.217. The van der Waals surface area contributed by atoms with Crippen molar-refractivity contribution in [1.82, 2.24) is 10.3 Å². The van der Waals surface area contributed by atoms with Gasteiger partial charge in [-0.1, -0.05) is 18.2 Å². The molecule has 1 saturated heterocycles. The Balaban J connectivity index is 1.75. The molecule has 178 valence electrons. The molecule has 0 saturated carbocycles. The summed E-state index contributed by atoms with van der Waals surface area (Å²) in [7, 11) is 0. The number of para-hydroxylation sites is 1. The first kappa shape index (κ1) is 24.2. The number of aromatic amines is 1. The molecule has 0 spiro atoms. The first-order valence-electron chi connectivity index (χ1n) is 10.3. The molecule has 1 fully saturated rings. The average molecular weight is 462 g/mol.